The molecule has 0 fully saturated rings. The average Bonchev–Trinajstić information content (AvgIpc) is 3.18. The van der Waals surface area contributed by atoms with Crippen LogP contribution in [-0.2, 0) is 24.1 Å². The third-order valence-corrected chi connectivity index (χ3v) is 5.08. The number of aromatic nitrogens is 4. The molecular formula is C20H20F3N7O. The fourth-order valence-electron chi connectivity index (χ4n) is 3.16. The minimum atomic E-state index is -4.35. The summed E-state index contributed by atoms with van der Waals surface area (Å²) in [7, 11) is 1.80. The Hall–Kier alpha value is -3.63. The number of alkyl halides is 3. The van der Waals surface area contributed by atoms with Crippen molar-refractivity contribution < 1.29 is 18.0 Å². The van der Waals surface area contributed by atoms with Gasteiger partial charge in [0.05, 0.1) is 24.5 Å². The maximum Gasteiger partial charge on any atom is 0.416 e. The molecule has 11 heteroatoms. The van der Waals surface area contributed by atoms with Gasteiger partial charge < -0.3 is 15.5 Å². The molecule has 0 saturated carbocycles. The standard InChI is InChI=1S/C20H20F3N7O/c1-12-18(31)27-16-9-25-19(28-17(16)29(12)2)24-7-14-8-26-30(11-14)10-13-3-5-15(6-4-13)20(21,22)23/h3-6,8-9,11-12H,7,10H2,1-2H3,(H,27,31)(H,24,25,28)/t12-/m0/s1. The van der Waals surface area contributed by atoms with Gasteiger partial charge in [-0.2, -0.15) is 23.3 Å². The van der Waals surface area contributed by atoms with Crippen molar-refractivity contribution in [2.45, 2.75) is 32.2 Å². The Kier molecular flexibility index (Phi) is 5.25. The van der Waals surface area contributed by atoms with Crippen molar-refractivity contribution in [3.63, 3.8) is 0 Å². The van der Waals surface area contributed by atoms with Gasteiger partial charge in [0.25, 0.3) is 0 Å². The summed E-state index contributed by atoms with van der Waals surface area (Å²) in [5, 5.41) is 10.1. The summed E-state index contributed by atoms with van der Waals surface area (Å²) in [4.78, 5) is 22.3. The molecule has 3 aromatic rings. The van der Waals surface area contributed by atoms with Crippen LogP contribution in [0.25, 0.3) is 0 Å². The number of anilines is 3. The lowest BCUT2D eigenvalue weighted by Crippen LogP contribution is -2.44. The van der Waals surface area contributed by atoms with Crippen LogP contribution in [-0.4, -0.2) is 38.7 Å². The topological polar surface area (TPSA) is 88.0 Å². The summed E-state index contributed by atoms with van der Waals surface area (Å²) in [5.74, 6) is 0.923. The van der Waals surface area contributed by atoms with Gasteiger partial charge in [-0.1, -0.05) is 12.1 Å². The highest BCUT2D eigenvalue weighted by Gasteiger charge is 2.30. The Bertz CT molecular complexity index is 1090. The van der Waals surface area contributed by atoms with E-state index in [-0.39, 0.29) is 11.9 Å². The second kappa shape index (κ2) is 7.89. The first-order chi connectivity index (χ1) is 14.7. The summed E-state index contributed by atoms with van der Waals surface area (Å²) in [6.45, 7) is 2.56. The molecule has 0 spiro atoms. The smallest absolute Gasteiger partial charge is 0.350 e. The summed E-state index contributed by atoms with van der Waals surface area (Å²) < 4.78 is 39.7. The zero-order valence-electron chi connectivity index (χ0n) is 16.8. The van der Waals surface area contributed by atoms with Crippen molar-refractivity contribution in [3.8, 4) is 0 Å². The van der Waals surface area contributed by atoms with Gasteiger partial charge in [0.1, 0.15) is 11.7 Å². The molecule has 1 aromatic carbocycles. The fourth-order valence-corrected chi connectivity index (χ4v) is 3.16. The minimum absolute atomic E-state index is 0.111. The Balaban J connectivity index is 1.38. The summed E-state index contributed by atoms with van der Waals surface area (Å²) >= 11 is 0. The van der Waals surface area contributed by atoms with Crippen molar-refractivity contribution in [3.05, 3.63) is 59.5 Å². The number of hydrogen-bond acceptors (Lipinski definition) is 6. The van der Waals surface area contributed by atoms with Crippen LogP contribution < -0.4 is 15.5 Å². The first-order valence-corrected chi connectivity index (χ1v) is 9.53. The molecule has 0 unspecified atom stereocenters. The van der Waals surface area contributed by atoms with Crippen LogP contribution in [0.15, 0.2) is 42.9 Å². The van der Waals surface area contributed by atoms with Gasteiger partial charge in [-0.15, -0.1) is 0 Å². The number of halogens is 3. The van der Waals surface area contributed by atoms with Gasteiger partial charge in [0, 0.05) is 25.4 Å². The van der Waals surface area contributed by atoms with Crippen molar-refractivity contribution in [1.82, 2.24) is 19.7 Å². The van der Waals surface area contributed by atoms with Crippen LogP contribution in [0.4, 0.5) is 30.6 Å². The van der Waals surface area contributed by atoms with Gasteiger partial charge in [-0.05, 0) is 24.6 Å². The third kappa shape index (κ3) is 4.44. The van der Waals surface area contributed by atoms with Gasteiger partial charge in [0.2, 0.25) is 11.9 Å². The largest absolute Gasteiger partial charge is 0.416 e. The van der Waals surface area contributed by atoms with Gasteiger partial charge in [-0.3, -0.25) is 9.48 Å². The summed E-state index contributed by atoms with van der Waals surface area (Å²) in [6, 6.07) is 4.68. The first kappa shape index (κ1) is 20.6. The van der Waals surface area contributed by atoms with E-state index in [9.17, 15) is 18.0 Å². The normalized spacial score (nSPS) is 16.1. The van der Waals surface area contributed by atoms with E-state index in [2.05, 4.69) is 25.7 Å². The number of likely N-dealkylation sites (N-methyl/N-ethyl adjacent to an activating group) is 1. The zero-order chi connectivity index (χ0) is 22.2. The molecular weight excluding hydrogens is 411 g/mol. The highest BCUT2D eigenvalue weighted by molar-refractivity contribution is 6.02. The van der Waals surface area contributed by atoms with E-state index in [4.69, 9.17) is 0 Å². The van der Waals surface area contributed by atoms with Crippen LogP contribution in [0.5, 0.6) is 0 Å². The second-order valence-electron chi connectivity index (χ2n) is 7.30. The van der Waals surface area contributed by atoms with E-state index in [1.54, 1.807) is 42.1 Å². The molecule has 1 aliphatic heterocycles. The third-order valence-electron chi connectivity index (χ3n) is 5.08. The van der Waals surface area contributed by atoms with Crippen molar-refractivity contribution in [2.24, 2.45) is 0 Å². The number of benzene rings is 1. The lowest BCUT2D eigenvalue weighted by atomic mass is 10.1. The number of nitrogens with zero attached hydrogens (tertiary/aromatic N) is 5. The molecule has 0 bridgehead atoms. The van der Waals surface area contributed by atoms with Crippen molar-refractivity contribution in [1.29, 1.82) is 0 Å². The van der Waals surface area contributed by atoms with E-state index >= 15 is 0 Å². The molecule has 1 atom stereocenters. The van der Waals surface area contributed by atoms with Crippen LogP contribution >= 0.6 is 0 Å². The monoisotopic (exact) mass is 431 g/mol. The van der Waals surface area contributed by atoms with Gasteiger partial charge in [-0.25, -0.2) is 4.98 Å². The maximum atomic E-state index is 12.7. The molecule has 1 amide bonds. The molecule has 2 N–H and O–H groups in total. The Morgan fingerprint density at radius 1 is 1.16 bits per heavy atom. The number of carbonyl (C=O) groups excluding carboxylic acids is 1. The van der Waals surface area contributed by atoms with Crippen LogP contribution in [0.3, 0.4) is 0 Å². The lowest BCUT2D eigenvalue weighted by molar-refractivity contribution is -0.137. The molecule has 8 nitrogen and oxygen atoms in total. The first-order valence-electron chi connectivity index (χ1n) is 9.53. The minimum Gasteiger partial charge on any atom is -0.350 e. The summed E-state index contributed by atoms with van der Waals surface area (Å²) in [5.41, 5.74) is 1.46. The van der Waals surface area contributed by atoms with Gasteiger partial charge in [0.15, 0.2) is 5.82 Å². The molecule has 0 saturated heterocycles. The number of amides is 1. The Morgan fingerprint density at radius 3 is 2.61 bits per heavy atom. The number of fused-ring (bicyclic) bond motifs is 1. The van der Waals surface area contributed by atoms with E-state index in [0.29, 0.717) is 36.1 Å². The molecule has 1 aliphatic rings. The van der Waals surface area contributed by atoms with Gasteiger partial charge >= 0.3 is 6.18 Å². The van der Waals surface area contributed by atoms with E-state index in [0.717, 1.165) is 17.7 Å². The SMILES string of the molecule is C[C@H]1C(=O)Nc2cnc(NCc3cnn(Cc4ccc(C(F)(F)F)cc4)c3)nc2N1C. The lowest BCUT2D eigenvalue weighted by Gasteiger charge is -2.31. The zero-order valence-corrected chi connectivity index (χ0v) is 16.8. The predicted molar refractivity (Wildman–Crippen MR) is 109 cm³/mol. The Labute approximate surface area is 176 Å². The molecule has 4 rings (SSSR count). The highest BCUT2D eigenvalue weighted by Crippen LogP contribution is 2.30. The van der Waals surface area contributed by atoms with Crippen LogP contribution in [0, 0.1) is 0 Å². The number of nitrogens with one attached hydrogen (secondary N) is 2. The van der Waals surface area contributed by atoms with Crippen LogP contribution in [0.2, 0.25) is 0 Å². The van der Waals surface area contributed by atoms with Crippen molar-refractivity contribution >= 4 is 23.4 Å². The fraction of sp³-hybridized carbons (Fsp3) is 0.300. The maximum absolute atomic E-state index is 12.7. The van der Waals surface area contributed by atoms with E-state index < -0.39 is 11.7 Å². The highest BCUT2D eigenvalue weighted by atomic mass is 19.4. The van der Waals surface area contributed by atoms with E-state index in [1.807, 2.05) is 0 Å². The van der Waals surface area contributed by atoms with E-state index in [1.165, 1.54) is 12.1 Å². The molecule has 162 valence electrons. The Morgan fingerprint density at radius 2 is 1.90 bits per heavy atom. The molecule has 3 heterocycles. The number of hydrogen-bond donors (Lipinski definition) is 2. The number of rotatable bonds is 5. The number of carbonyl (C=O) groups is 1. The quantitative estimate of drug-likeness (QED) is 0.646. The van der Waals surface area contributed by atoms with Crippen LogP contribution in [0.1, 0.15) is 23.6 Å². The van der Waals surface area contributed by atoms with Crippen molar-refractivity contribution in [2.75, 3.05) is 22.6 Å². The predicted octanol–water partition coefficient (Wildman–Crippen LogP) is 3.13. The summed E-state index contributed by atoms with van der Waals surface area (Å²) in [6.07, 6.45) is 0.681. The average molecular weight is 431 g/mol. The second-order valence-corrected chi connectivity index (χ2v) is 7.30. The molecule has 0 aliphatic carbocycles. The molecule has 2 aromatic heterocycles. The molecule has 31 heavy (non-hydrogen) atoms. The molecule has 0 radical (unpaired) electrons.